The number of hydrogen-bond donors (Lipinski definition) is 2. The molecule has 1 atom stereocenters. The minimum Gasteiger partial charge on any atom is -0.370 e. The summed E-state index contributed by atoms with van der Waals surface area (Å²) >= 11 is 3.33. The molecule has 0 aliphatic carbocycles. The van der Waals surface area contributed by atoms with Gasteiger partial charge in [0.2, 0.25) is 0 Å². The molecule has 0 saturated carbocycles. The number of carbonyl (C=O) groups is 1. The largest absolute Gasteiger partial charge is 0.370 e. The maximum Gasteiger partial charge on any atom is 0.256 e. The number of amides is 1. The van der Waals surface area contributed by atoms with Crippen molar-refractivity contribution < 1.29 is 4.79 Å². The molecular formula is C9H8BrN3O. The highest BCUT2D eigenvalue weighted by molar-refractivity contribution is 9.10. The predicted molar refractivity (Wildman–Crippen MR) is 56.6 cm³/mol. The van der Waals surface area contributed by atoms with Gasteiger partial charge >= 0.3 is 0 Å². The Morgan fingerprint density at radius 1 is 1.50 bits per heavy atom. The second kappa shape index (κ2) is 3.42. The fourth-order valence-corrected chi connectivity index (χ4v) is 1.74. The van der Waals surface area contributed by atoms with Crippen molar-refractivity contribution in [2.24, 2.45) is 10.7 Å². The molecule has 1 unspecified atom stereocenters. The first kappa shape index (κ1) is 9.21. The van der Waals surface area contributed by atoms with Crippen molar-refractivity contribution in [1.82, 2.24) is 5.32 Å². The number of nitrogens with zero attached hydrogens (tertiary/aromatic N) is 1. The molecule has 1 aliphatic heterocycles. The van der Waals surface area contributed by atoms with E-state index in [2.05, 4.69) is 26.2 Å². The Morgan fingerprint density at radius 2 is 2.29 bits per heavy atom. The van der Waals surface area contributed by atoms with Gasteiger partial charge in [0.1, 0.15) is 0 Å². The lowest BCUT2D eigenvalue weighted by atomic mass is 10.1. The number of nitrogens with one attached hydrogen (secondary N) is 1. The first-order valence-electron chi connectivity index (χ1n) is 4.06. The number of carbonyl (C=O) groups excluding carboxylic acids is 1. The number of guanidine groups is 1. The van der Waals surface area contributed by atoms with E-state index in [1.807, 2.05) is 24.3 Å². The number of benzene rings is 1. The van der Waals surface area contributed by atoms with Gasteiger partial charge < -0.3 is 5.73 Å². The zero-order valence-corrected chi connectivity index (χ0v) is 8.78. The SMILES string of the molecule is NC1=NC(c2cccc(Br)c2)C(=O)N1. The summed E-state index contributed by atoms with van der Waals surface area (Å²) in [6.45, 7) is 0. The molecular weight excluding hydrogens is 246 g/mol. The molecule has 1 amide bonds. The highest BCUT2D eigenvalue weighted by Crippen LogP contribution is 2.23. The molecule has 1 aromatic carbocycles. The second-order valence-corrected chi connectivity index (χ2v) is 3.88. The number of aliphatic imine (C=N–C) groups is 1. The lowest BCUT2D eigenvalue weighted by molar-refractivity contribution is -0.120. The van der Waals surface area contributed by atoms with Gasteiger partial charge in [-0.15, -0.1) is 0 Å². The first-order valence-corrected chi connectivity index (χ1v) is 4.86. The average molecular weight is 254 g/mol. The van der Waals surface area contributed by atoms with Crippen LogP contribution >= 0.6 is 15.9 Å². The summed E-state index contributed by atoms with van der Waals surface area (Å²) in [5.41, 5.74) is 6.23. The molecule has 0 spiro atoms. The van der Waals surface area contributed by atoms with Crippen molar-refractivity contribution in [3.63, 3.8) is 0 Å². The van der Waals surface area contributed by atoms with Crippen LogP contribution in [-0.4, -0.2) is 11.9 Å². The number of halogens is 1. The fraction of sp³-hybridized carbons (Fsp3) is 0.111. The summed E-state index contributed by atoms with van der Waals surface area (Å²) in [4.78, 5) is 15.4. The van der Waals surface area contributed by atoms with E-state index in [9.17, 15) is 4.79 Å². The lowest BCUT2D eigenvalue weighted by Gasteiger charge is -2.04. The Labute approximate surface area is 89.3 Å². The van der Waals surface area contributed by atoms with Gasteiger partial charge in [-0.25, -0.2) is 4.99 Å². The Hall–Kier alpha value is -1.36. The van der Waals surface area contributed by atoms with Crippen molar-refractivity contribution in [1.29, 1.82) is 0 Å². The van der Waals surface area contributed by atoms with Crippen molar-refractivity contribution >= 4 is 27.8 Å². The first-order chi connectivity index (χ1) is 6.66. The summed E-state index contributed by atoms with van der Waals surface area (Å²) < 4.78 is 0.920. The minimum atomic E-state index is -0.507. The van der Waals surface area contributed by atoms with Crippen LogP contribution in [0, 0.1) is 0 Å². The van der Waals surface area contributed by atoms with Crippen LogP contribution in [0.15, 0.2) is 33.7 Å². The molecule has 0 radical (unpaired) electrons. The zero-order valence-electron chi connectivity index (χ0n) is 7.20. The second-order valence-electron chi connectivity index (χ2n) is 2.96. The molecule has 1 heterocycles. The molecule has 2 rings (SSSR count). The third-order valence-electron chi connectivity index (χ3n) is 1.93. The smallest absolute Gasteiger partial charge is 0.256 e. The van der Waals surface area contributed by atoms with E-state index in [1.165, 1.54) is 0 Å². The summed E-state index contributed by atoms with van der Waals surface area (Å²) in [5, 5.41) is 2.46. The Balaban J connectivity index is 2.36. The normalized spacial score (nSPS) is 20.5. The van der Waals surface area contributed by atoms with Crippen LogP contribution in [0.3, 0.4) is 0 Å². The molecule has 0 aromatic heterocycles. The third kappa shape index (κ3) is 1.63. The van der Waals surface area contributed by atoms with E-state index in [4.69, 9.17) is 5.73 Å². The van der Waals surface area contributed by atoms with E-state index in [-0.39, 0.29) is 11.9 Å². The minimum absolute atomic E-state index is 0.180. The summed E-state index contributed by atoms with van der Waals surface area (Å²) in [6.07, 6.45) is 0. The van der Waals surface area contributed by atoms with Crippen LogP contribution in [-0.2, 0) is 4.79 Å². The van der Waals surface area contributed by atoms with Crippen LogP contribution in [0.2, 0.25) is 0 Å². The zero-order chi connectivity index (χ0) is 10.1. The number of rotatable bonds is 1. The molecule has 1 aromatic rings. The Kier molecular flexibility index (Phi) is 2.25. The average Bonchev–Trinajstić information content (AvgIpc) is 2.45. The maximum atomic E-state index is 11.4. The number of hydrogen-bond acceptors (Lipinski definition) is 3. The summed E-state index contributed by atoms with van der Waals surface area (Å²) in [6, 6.07) is 6.94. The molecule has 5 heteroatoms. The fourth-order valence-electron chi connectivity index (χ4n) is 1.33. The van der Waals surface area contributed by atoms with Crippen molar-refractivity contribution in [2.45, 2.75) is 6.04 Å². The van der Waals surface area contributed by atoms with Crippen molar-refractivity contribution in [3.05, 3.63) is 34.3 Å². The topological polar surface area (TPSA) is 67.5 Å². The highest BCUT2D eigenvalue weighted by atomic mass is 79.9. The molecule has 72 valence electrons. The molecule has 4 nitrogen and oxygen atoms in total. The molecule has 14 heavy (non-hydrogen) atoms. The van der Waals surface area contributed by atoms with Gasteiger partial charge in [-0.1, -0.05) is 28.1 Å². The van der Waals surface area contributed by atoms with Gasteiger partial charge in [0.05, 0.1) is 0 Å². The van der Waals surface area contributed by atoms with Crippen LogP contribution in [0.1, 0.15) is 11.6 Å². The van der Waals surface area contributed by atoms with Crippen molar-refractivity contribution in [2.75, 3.05) is 0 Å². The lowest BCUT2D eigenvalue weighted by Crippen LogP contribution is -2.31. The molecule has 0 bridgehead atoms. The van der Waals surface area contributed by atoms with E-state index in [0.717, 1.165) is 10.0 Å². The van der Waals surface area contributed by atoms with Gasteiger partial charge in [0, 0.05) is 4.47 Å². The standard InChI is InChI=1S/C9H8BrN3O/c10-6-3-1-2-5(4-6)7-8(14)13-9(11)12-7/h1-4,7H,(H3,11,12,13,14). The van der Waals surface area contributed by atoms with Gasteiger partial charge in [0.15, 0.2) is 12.0 Å². The van der Waals surface area contributed by atoms with Crippen LogP contribution < -0.4 is 11.1 Å². The van der Waals surface area contributed by atoms with Crippen molar-refractivity contribution in [3.8, 4) is 0 Å². The van der Waals surface area contributed by atoms with Crippen LogP contribution in [0.25, 0.3) is 0 Å². The molecule has 3 N–H and O–H groups in total. The van der Waals surface area contributed by atoms with Gasteiger partial charge in [-0.3, -0.25) is 10.1 Å². The van der Waals surface area contributed by atoms with Crippen LogP contribution in [0.5, 0.6) is 0 Å². The molecule has 0 saturated heterocycles. The number of nitrogens with two attached hydrogens (primary N) is 1. The third-order valence-corrected chi connectivity index (χ3v) is 2.43. The maximum absolute atomic E-state index is 11.4. The quantitative estimate of drug-likeness (QED) is 0.782. The highest BCUT2D eigenvalue weighted by Gasteiger charge is 2.26. The van der Waals surface area contributed by atoms with Gasteiger partial charge in [-0.05, 0) is 17.7 Å². The van der Waals surface area contributed by atoms with E-state index in [1.54, 1.807) is 0 Å². The van der Waals surface area contributed by atoms with Gasteiger partial charge in [0.25, 0.3) is 5.91 Å². The Bertz CT molecular complexity index is 416. The van der Waals surface area contributed by atoms with E-state index in [0.29, 0.717) is 0 Å². The van der Waals surface area contributed by atoms with E-state index >= 15 is 0 Å². The Morgan fingerprint density at radius 3 is 2.86 bits per heavy atom. The monoisotopic (exact) mass is 253 g/mol. The van der Waals surface area contributed by atoms with Crippen LogP contribution in [0.4, 0.5) is 0 Å². The molecule has 1 aliphatic rings. The molecule has 0 fully saturated rings. The predicted octanol–water partition coefficient (Wildman–Crippen LogP) is 0.935. The summed E-state index contributed by atoms with van der Waals surface area (Å²) in [7, 11) is 0. The summed E-state index contributed by atoms with van der Waals surface area (Å²) in [5.74, 6) is 0.000533. The van der Waals surface area contributed by atoms with Gasteiger partial charge in [-0.2, -0.15) is 0 Å². The van der Waals surface area contributed by atoms with E-state index < -0.39 is 6.04 Å².